The van der Waals surface area contributed by atoms with Gasteiger partial charge in [-0.05, 0) is 63.5 Å². The number of amides is 2. The van der Waals surface area contributed by atoms with E-state index >= 15 is 0 Å². The first-order valence-corrected chi connectivity index (χ1v) is 12.1. The smallest absolute Gasteiger partial charge is 0.414 e. The maximum atomic E-state index is 12.6. The summed E-state index contributed by atoms with van der Waals surface area (Å²) in [7, 11) is 3.43. The van der Waals surface area contributed by atoms with Gasteiger partial charge in [-0.2, -0.15) is 0 Å². The summed E-state index contributed by atoms with van der Waals surface area (Å²) < 4.78 is 15.2. The molecule has 0 aromatic heterocycles. The molecule has 2 radical (unpaired) electrons. The fraction of sp³-hybridized carbons (Fsp3) is 0.600. The standard InChI is InChI=1S/C25H38N4O7.2Pa/c1-27-11-7-13-29(2)25(33)36-24-21(16-34-18-30)14-20(15-22(24)17-35-19-31)8-9-23(32)28-12-6-4-3-5-10-26;;/h14-15,27H,3-13,16-17,26H2,1-2H3,(H,28,32);;/q-2;;. The van der Waals surface area contributed by atoms with E-state index in [2.05, 4.69) is 10.6 Å². The molecule has 0 spiro atoms. The van der Waals surface area contributed by atoms with Gasteiger partial charge in [0.25, 0.3) is 0 Å². The SMILES string of the molecule is CNCCCN(C)C(=O)Oc1c(CO[C-]=O)cc(CCC(=O)NCCCCCCN)cc1CO[C-]=O.[Pa].[Pa]. The average molecular weight is 969 g/mol. The Morgan fingerprint density at radius 2 is 1.55 bits per heavy atom. The van der Waals surface area contributed by atoms with Gasteiger partial charge < -0.3 is 45.1 Å². The molecule has 0 heterocycles. The molecular weight excluding hydrogens is 930 g/mol. The number of ether oxygens (including phenoxy) is 3. The average Bonchev–Trinajstić information content (AvgIpc) is 2.88. The molecule has 2 amide bonds. The number of rotatable bonds is 20. The van der Waals surface area contributed by atoms with Crippen LogP contribution in [0.2, 0.25) is 0 Å². The van der Waals surface area contributed by atoms with Crippen LogP contribution in [0.4, 0.5) is 4.79 Å². The maximum Gasteiger partial charge on any atom is 0.414 e. The van der Waals surface area contributed by atoms with Crippen LogP contribution in [0, 0.1) is 64.6 Å². The normalized spacial score (nSPS) is 9.87. The second-order valence-electron chi connectivity index (χ2n) is 8.29. The van der Waals surface area contributed by atoms with Crippen LogP contribution in [0.5, 0.6) is 5.75 Å². The van der Waals surface area contributed by atoms with E-state index in [0.29, 0.717) is 37.2 Å². The minimum absolute atomic E-state index is 0. The van der Waals surface area contributed by atoms with Gasteiger partial charge in [-0.1, -0.05) is 25.8 Å². The van der Waals surface area contributed by atoms with Crippen molar-refractivity contribution < 1.29 is 98.0 Å². The van der Waals surface area contributed by atoms with Crippen LogP contribution in [0.25, 0.3) is 0 Å². The third-order valence-corrected chi connectivity index (χ3v) is 5.39. The van der Waals surface area contributed by atoms with E-state index in [1.807, 2.05) is 7.05 Å². The van der Waals surface area contributed by atoms with Gasteiger partial charge in [-0.25, -0.2) is 4.79 Å². The Labute approximate surface area is 275 Å². The van der Waals surface area contributed by atoms with Crippen LogP contribution in [0.1, 0.15) is 55.2 Å². The van der Waals surface area contributed by atoms with E-state index in [0.717, 1.165) is 44.2 Å². The summed E-state index contributed by atoms with van der Waals surface area (Å²) in [6, 6.07) is 3.38. The number of hydrogen-bond donors (Lipinski definition) is 3. The fourth-order valence-electron chi connectivity index (χ4n) is 3.48. The minimum Gasteiger partial charge on any atom is -0.650 e. The van der Waals surface area contributed by atoms with Crippen LogP contribution in [0.15, 0.2) is 12.1 Å². The molecule has 4 N–H and O–H groups in total. The molecule has 0 fully saturated rings. The minimum atomic E-state index is -0.614. The van der Waals surface area contributed by atoms with Gasteiger partial charge in [0.15, 0.2) is 0 Å². The van der Waals surface area contributed by atoms with Gasteiger partial charge in [0.2, 0.25) is 5.91 Å². The molecule has 0 bridgehead atoms. The Kier molecular flexibility index (Phi) is 25.8. The summed E-state index contributed by atoms with van der Waals surface area (Å²) >= 11 is 0. The third kappa shape index (κ3) is 16.9. The van der Waals surface area contributed by atoms with E-state index in [-0.39, 0.29) is 95.9 Å². The number of nitrogens with two attached hydrogens (primary N) is 1. The molecule has 0 atom stereocenters. The molecule has 0 aliphatic heterocycles. The first-order chi connectivity index (χ1) is 17.5. The monoisotopic (exact) mass is 968 g/mol. The van der Waals surface area contributed by atoms with Crippen molar-refractivity contribution in [2.24, 2.45) is 5.73 Å². The predicted molar refractivity (Wildman–Crippen MR) is 133 cm³/mol. The largest absolute Gasteiger partial charge is 0.650 e. The summed E-state index contributed by atoms with van der Waals surface area (Å²) in [4.78, 5) is 47.7. The van der Waals surface area contributed by atoms with E-state index in [4.69, 9.17) is 19.9 Å². The van der Waals surface area contributed by atoms with Crippen molar-refractivity contribution in [1.29, 1.82) is 0 Å². The van der Waals surface area contributed by atoms with Crippen molar-refractivity contribution in [1.82, 2.24) is 15.5 Å². The van der Waals surface area contributed by atoms with Crippen molar-refractivity contribution in [2.45, 2.75) is 58.2 Å². The molecule has 0 unspecified atom stereocenters. The molecule has 0 aliphatic rings. The number of unbranched alkanes of at least 4 members (excludes halogenated alkanes) is 3. The number of nitrogens with zero attached hydrogens (tertiary/aromatic N) is 1. The second-order valence-corrected chi connectivity index (χ2v) is 8.29. The summed E-state index contributed by atoms with van der Waals surface area (Å²) in [5, 5.41) is 5.90. The molecule has 0 aliphatic carbocycles. The van der Waals surface area contributed by atoms with Crippen LogP contribution < -0.4 is 21.1 Å². The summed E-state index contributed by atoms with van der Waals surface area (Å²) in [6.07, 6.45) is 4.65. The molecule has 13 heteroatoms. The molecule has 38 heavy (non-hydrogen) atoms. The van der Waals surface area contributed by atoms with Crippen molar-refractivity contribution in [3.63, 3.8) is 0 Å². The molecule has 1 aromatic rings. The Morgan fingerprint density at radius 1 is 0.947 bits per heavy atom. The molecule has 1 rings (SSSR count). The number of hydrogen-bond acceptors (Lipinski definition) is 9. The number of carbonyl (C=O) groups is 2. The van der Waals surface area contributed by atoms with Gasteiger partial charge in [-0.15, -0.1) is 0 Å². The predicted octanol–water partition coefficient (Wildman–Crippen LogP) is 1.46. The van der Waals surface area contributed by atoms with Gasteiger partial charge in [0.05, 0.1) is 13.2 Å². The van der Waals surface area contributed by atoms with E-state index in [1.165, 1.54) is 17.8 Å². The van der Waals surface area contributed by atoms with Gasteiger partial charge >= 0.3 is 6.09 Å². The number of benzene rings is 1. The van der Waals surface area contributed by atoms with Gasteiger partial charge in [-0.3, -0.25) is 4.79 Å². The Bertz CT molecular complexity index is 798. The number of carbonyl (C=O) groups excluding carboxylic acids is 4. The van der Waals surface area contributed by atoms with Crippen LogP contribution in [-0.2, 0) is 43.5 Å². The zero-order valence-corrected chi connectivity index (χ0v) is 32.0. The van der Waals surface area contributed by atoms with Crippen LogP contribution in [0.3, 0.4) is 0 Å². The van der Waals surface area contributed by atoms with Crippen molar-refractivity contribution in [3.05, 3.63) is 28.8 Å². The quantitative estimate of drug-likeness (QED) is 0.131. The van der Waals surface area contributed by atoms with Crippen LogP contribution >= 0.6 is 0 Å². The van der Waals surface area contributed by atoms with Crippen molar-refractivity contribution in [2.75, 3.05) is 40.3 Å². The molecule has 0 saturated carbocycles. The number of nitrogens with one attached hydrogen (secondary N) is 2. The maximum absolute atomic E-state index is 12.6. The summed E-state index contributed by atoms with van der Waals surface area (Å²) in [5.74, 6) is 0.0298. The van der Waals surface area contributed by atoms with Crippen LogP contribution in [-0.4, -0.2) is 70.1 Å². The Hall–Kier alpha value is -0.998. The zero-order valence-electron chi connectivity index (χ0n) is 22.4. The molecule has 1 aromatic carbocycles. The Balaban J connectivity index is 0. The number of aryl methyl sites for hydroxylation is 1. The third-order valence-electron chi connectivity index (χ3n) is 5.39. The van der Waals surface area contributed by atoms with Gasteiger partial charge in [0.1, 0.15) is 5.75 Å². The summed E-state index contributed by atoms with van der Waals surface area (Å²) in [5.41, 5.74) is 6.98. The zero-order chi connectivity index (χ0) is 26.6. The second kappa shape index (κ2) is 25.0. The first-order valence-electron chi connectivity index (χ1n) is 12.1. The fourth-order valence-corrected chi connectivity index (χ4v) is 3.48. The van der Waals surface area contributed by atoms with Crippen molar-refractivity contribution in [3.8, 4) is 5.75 Å². The molecule has 11 nitrogen and oxygen atoms in total. The van der Waals surface area contributed by atoms with Gasteiger partial charge in [0, 0.05) is 102 Å². The molecule has 0 saturated heterocycles. The van der Waals surface area contributed by atoms with E-state index in [1.54, 1.807) is 19.2 Å². The molecule has 208 valence electrons. The Morgan fingerprint density at radius 3 is 2.11 bits per heavy atom. The molecular formula is C25H38N4O7Pa2-2. The van der Waals surface area contributed by atoms with Crippen molar-refractivity contribution >= 4 is 24.9 Å². The topological polar surface area (TPSA) is 149 Å². The van der Waals surface area contributed by atoms with E-state index in [9.17, 15) is 19.2 Å². The van der Waals surface area contributed by atoms with E-state index < -0.39 is 6.09 Å². The first kappa shape index (κ1) is 39.1. The summed E-state index contributed by atoms with van der Waals surface area (Å²) in [6.45, 7) is 4.75.